The van der Waals surface area contributed by atoms with Gasteiger partial charge in [0, 0.05) is 4.65 Å². The highest BCUT2D eigenvalue weighted by molar-refractivity contribution is 8.14. The maximum Gasteiger partial charge on any atom is 0.255 e. The first-order valence-corrected chi connectivity index (χ1v) is 4.34. The molecule has 0 rings (SSSR count). The summed E-state index contributed by atoms with van der Waals surface area (Å²) in [6.45, 7) is 3.37. The second-order valence-electron chi connectivity index (χ2n) is 2.88. The van der Waals surface area contributed by atoms with Crippen molar-refractivity contribution in [2.24, 2.45) is 0 Å². The highest BCUT2D eigenvalue weighted by Crippen LogP contribution is 2.06. The van der Waals surface area contributed by atoms with Crippen LogP contribution in [0.4, 0.5) is 0 Å². The van der Waals surface area contributed by atoms with Gasteiger partial charge < -0.3 is 0 Å². The van der Waals surface area contributed by atoms with Crippen molar-refractivity contribution in [2.45, 2.75) is 18.5 Å². The predicted octanol–water partition coefficient (Wildman–Crippen LogP) is -1.68. The molecule has 0 bridgehead atoms. The molecular weight excluding hydrogens is 122 g/mol. The summed E-state index contributed by atoms with van der Waals surface area (Å²) in [7, 11) is 0.0856. The van der Waals surface area contributed by atoms with Crippen LogP contribution in [0.3, 0.4) is 0 Å². The molecule has 0 N–H and O–H groups in total. The van der Waals surface area contributed by atoms with Crippen LogP contribution in [0.2, 0.25) is 0 Å². The van der Waals surface area contributed by atoms with E-state index in [1.807, 2.05) is 0 Å². The fraction of sp³-hybridized carbons (Fsp3) is 1.00. The van der Waals surface area contributed by atoms with Gasteiger partial charge in [0.1, 0.15) is 7.85 Å². The summed E-state index contributed by atoms with van der Waals surface area (Å²) < 4.78 is 20.7. The second-order valence-corrected chi connectivity index (χ2v) is 5.65. The van der Waals surface area contributed by atoms with Gasteiger partial charge in [-0.15, -0.1) is 0 Å². The average Bonchev–Trinajstić information content (AvgIpc) is 1.25. The van der Waals surface area contributed by atoms with Crippen molar-refractivity contribution in [2.75, 3.05) is 0 Å². The van der Waals surface area contributed by atoms with E-state index in [-0.39, 0.29) is 0 Å². The van der Waals surface area contributed by atoms with E-state index in [9.17, 15) is 8.42 Å². The first-order valence-electron chi connectivity index (χ1n) is 2.45. The van der Waals surface area contributed by atoms with Crippen molar-refractivity contribution in [3.05, 3.63) is 0 Å². The Morgan fingerprint density at radius 2 is 1.50 bits per heavy atom. The molecule has 0 spiro atoms. The van der Waals surface area contributed by atoms with Gasteiger partial charge in [-0.3, -0.25) is 0 Å². The van der Waals surface area contributed by atoms with Crippen LogP contribution in [0, 0.1) is 0 Å². The van der Waals surface area contributed by atoms with Gasteiger partial charge in [-0.25, -0.2) is 8.42 Å². The molecule has 0 fully saturated rings. The summed E-state index contributed by atoms with van der Waals surface area (Å²) in [5.41, 5.74) is 0. The van der Waals surface area contributed by atoms with Crippen LogP contribution < -0.4 is 0 Å². The Morgan fingerprint density at radius 1 is 1.38 bits per heavy atom. The third-order valence-corrected chi connectivity index (χ3v) is 3.34. The van der Waals surface area contributed by atoms with Gasteiger partial charge in [0.15, 0.2) is 0 Å². The molecule has 0 heterocycles. The zero-order chi connectivity index (χ0) is 7.00. The lowest BCUT2D eigenvalue weighted by Crippen LogP contribution is -2.31. The predicted molar refractivity (Wildman–Crippen MR) is 40.1 cm³/mol. The standard InChI is InChI=1S/C3H10B2O2S/c1-3(2,4)8(5,6)7/h4-5H2,1-2H3. The molecule has 0 aromatic rings. The topological polar surface area (TPSA) is 34.1 Å². The van der Waals surface area contributed by atoms with Crippen molar-refractivity contribution < 1.29 is 8.42 Å². The van der Waals surface area contributed by atoms with Crippen molar-refractivity contribution in [1.82, 2.24) is 0 Å². The zero-order valence-electron chi connectivity index (χ0n) is 5.72. The number of hydrogen-bond donors (Lipinski definition) is 0. The van der Waals surface area contributed by atoms with Crippen molar-refractivity contribution in [3.63, 3.8) is 0 Å². The van der Waals surface area contributed by atoms with Crippen LogP contribution in [0.5, 0.6) is 0 Å². The molecule has 0 aliphatic carbocycles. The van der Waals surface area contributed by atoms with E-state index in [0.717, 1.165) is 0 Å². The monoisotopic (exact) mass is 132 g/mol. The lowest BCUT2D eigenvalue weighted by molar-refractivity contribution is 0.595. The molecule has 46 valence electrons. The Bertz CT molecular complexity index is 164. The highest BCUT2D eigenvalue weighted by atomic mass is 32.2. The van der Waals surface area contributed by atoms with Gasteiger partial charge in [0.05, 0.1) is 9.69 Å². The molecule has 0 atom stereocenters. The molecule has 0 saturated carbocycles. The molecule has 2 nitrogen and oxygen atoms in total. The minimum atomic E-state index is -2.84. The molecule has 0 radical (unpaired) electrons. The fourth-order valence-electron chi connectivity index (χ4n) is 0. The Hall–Kier alpha value is 0.0799. The van der Waals surface area contributed by atoms with Gasteiger partial charge in [-0.2, -0.15) is 0 Å². The van der Waals surface area contributed by atoms with Crippen LogP contribution in [-0.2, 0) is 9.69 Å². The first-order chi connectivity index (χ1) is 3.25. The largest absolute Gasteiger partial charge is 0.255 e. The van der Waals surface area contributed by atoms with Crippen LogP contribution in [0.25, 0.3) is 0 Å². The lowest BCUT2D eigenvalue weighted by atomic mass is 9.91. The normalized spacial score (nSPS) is 13.8. The summed E-state index contributed by atoms with van der Waals surface area (Å²) in [4.78, 5) is 0. The molecule has 0 aliphatic rings. The minimum Gasteiger partial charge on any atom is -0.242 e. The summed E-state index contributed by atoms with van der Waals surface area (Å²) in [5, 5.41) is 0. The van der Waals surface area contributed by atoms with Gasteiger partial charge in [-0.1, -0.05) is 13.8 Å². The Morgan fingerprint density at radius 3 is 1.50 bits per heavy atom. The molecule has 0 aromatic heterocycles. The molecule has 0 amide bonds. The summed E-state index contributed by atoms with van der Waals surface area (Å²) >= 11 is 0. The molecule has 0 unspecified atom stereocenters. The Balaban J connectivity index is 4.53. The van der Waals surface area contributed by atoms with E-state index in [2.05, 4.69) is 0 Å². The molecule has 0 aromatic carbocycles. The summed E-state index contributed by atoms with van der Waals surface area (Å²) in [6, 6.07) is 0. The van der Waals surface area contributed by atoms with Gasteiger partial charge in [0.25, 0.3) is 7.12 Å². The Kier molecular flexibility index (Phi) is 1.81. The van der Waals surface area contributed by atoms with E-state index in [4.69, 9.17) is 0 Å². The third-order valence-electron chi connectivity index (χ3n) is 1.11. The summed E-state index contributed by atoms with van der Waals surface area (Å²) in [6.07, 6.45) is 0. The van der Waals surface area contributed by atoms with Crippen molar-refractivity contribution in [1.29, 1.82) is 0 Å². The second kappa shape index (κ2) is 1.79. The molecule has 8 heavy (non-hydrogen) atoms. The fourth-order valence-corrected chi connectivity index (χ4v) is 0. The maximum absolute atomic E-state index is 10.7. The van der Waals surface area contributed by atoms with E-state index in [1.54, 1.807) is 21.7 Å². The average molecular weight is 132 g/mol. The summed E-state index contributed by atoms with van der Waals surface area (Å²) in [5.74, 6) is 0. The number of rotatable bonds is 1. The smallest absolute Gasteiger partial charge is 0.242 e. The quantitative estimate of drug-likeness (QED) is 0.399. The highest BCUT2D eigenvalue weighted by Gasteiger charge is 2.22. The first kappa shape index (κ1) is 8.08. The van der Waals surface area contributed by atoms with Crippen LogP contribution in [-0.4, -0.2) is 28.0 Å². The zero-order valence-corrected chi connectivity index (χ0v) is 6.54. The van der Waals surface area contributed by atoms with Gasteiger partial charge >= 0.3 is 0 Å². The van der Waals surface area contributed by atoms with Gasteiger partial charge in [0.2, 0.25) is 0 Å². The van der Waals surface area contributed by atoms with E-state index in [0.29, 0.717) is 0 Å². The number of hydrogen-bond acceptors (Lipinski definition) is 2. The van der Waals surface area contributed by atoms with E-state index in [1.165, 1.54) is 7.12 Å². The van der Waals surface area contributed by atoms with Gasteiger partial charge in [-0.05, 0) is 0 Å². The van der Waals surface area contributed by atoms with Crippen LogP contribution in [0.1, 0.15) is 13.8 Å². The lowest BCUT2D eigenvalue weighted by Gasteiger charge is -2.14. The molecule has 0 saturated heterocycles. The molecular formula is C3H10B2O2S. The van der Waals surface area contributed by atoms with E-state index >= 15 is 0 Å². The SMILES string of the molecule is BC(C)(C)S(B)(=O)=O. The molecule has 0 aliphatic heterocycles. The molecule has 5 heteroatoms. The Labute approximate surface area is 52.3 Å². The van der Waals surface area contributed by atoms with Crippen molar-refractivity contribution in [3.8, 4) is 0 Å². The van der Waals surface area contributed by atoms with Crippen LogP contribution in [0.15, 0.2) is 0 Å². The van der Waals surface area contributed by atoms with Crippen LogP contribution >= 0.6 is 0 Å². The van der Waals surface area contributed by atoms with Crippen molar-refractivity contribution >= 4 is 24.7 Å². The van der Waals surface area contributed by atoms with E-state index < -0.39 is 14.3 Å². The third kappa shape index (κ3) is 1.90. The maximum atomic E-state index is 10.7. The minimum absolute atomic E-state index is 0.590.